The van der Waals surface area contributed by atoms with E-state index < -0.39 is 55.5 Å². The van der Waals surface area contributed by atoms with Gasteiger partial charge < -0.3 is 44.8 Å². The molecule has 0 aromatic heterocycles. The topological polar surface area (TPSA) is 149 Å². The molecule has 0 saturated carbocycles. The first kappa shape index (κ1) is 15.4. The van der Waals surface area contributed by atoms with E-state index in [9.17, 15) is 25.5 Å². The van der Waals surface area contributed by atoms with Crippen molar-refractivity contribution < 1.29 is 44.8 Å². The van der Waals surface area contributed by atoms with Gasteiger partial charge in [0.05, 0.1) is 19.3 Å². The van der Waals surface area contributed by atoms with Crippen molar-refractivity contribution in [1.29, 1.82) is 0 Å². The highest BCUT2D eigenvalue weighted by Crippen LogP contribution is 2.34. The van der Waals surface area contributed by atoms with Gasteiger partial charge in [-0.3, -0.25) is 0 Å². The fourth-order valence-electron chi connectivity index (χ4n) is 2.15. The van der Waals surface area contributed by atoms with E-state index in [0.717, 1.165) is 6.26 Å². The molecule has 3 unspecified atom stereocenters. The first-order valence-corrected chi connectivity index (χ1v) is 6.08. The zero-order valence-corrected chi connectivity index (χ0v) is 10.5. The van der Waals surface area contributed by atoms with Gasteiger partial charge in [-0.05, 0) is 0 Å². The second-order valence-corrected chi connectivity index (χ2v) is 4.78. The van der Waals surface area contributed by atoms with E-state index in [2.05, 4.69) is 0 Å². The molecule has 0 amide bonds. The molecule has 2 aliphatic heterocycles. The molecule has 6 N–H and O–H groups in total. The molecule has 2 rings (SSSR count). The molecular weight excluding hydrogens is 276 g/mol. The number of hydrogen-bond donors (Lipinski definition) is 6. The van der Waals surface area contributed by atoms with E-state index in [0.29, 0.717) is 0 Å². The van der Waals surface area contributed by atoms with Crippen LogP contribution in [0.4, 0.5) is 0 Å². The average Bonchev–Trinajstić information content (AvgIpc) is 2.76. The van der Waals surface area contributed by atoms with Gasteiger partial charge >= 0.3 is 0 Å². The Balaban J connectivity index is 2.08. The fourth-order valence-corrected chi connectivity index (χ4v) is 2.15. The van der Waals surface area contributed by atoms with Crippen LogP contribution in [-0.4, -0.2) is 80.3 Å². The summed E-state index contributed by atoms with van der Waals surface area (Å²) in [5.41, 5.74) is 0. The molecule has 0 aliphatic carbocycles. The largest absolute Gasteiger partial charge is 0.506 e. The van der Waals surface area contributed by atoms with E-state index >= 15 is 0 Å². The van der Waals surface area contributed by atoms with Gasteiger partial charge in [0.25, 0.3) is 0 Å². The maximum atomic E-state index is 9.72. The van der Waals surface area contributed by atoms with Crippen molar-refractivity contribution in [2.24, 2.45) is 0 Å². The SMILES string of the molecule is OC[C@@H]1O[C@@](CO)(O[C@H]2OC=C(O)C(O)C2O)CC1O. The summed E-state index contributed by atoms with van der Waals surface area (Å²) in [7, 11) is 0. The van der Waals surface area contributed by atoms with E-state index in [1.54, 1.807) is 0 Å². The molecule has 1 fully saturated rings. The van der Waals surface area contributed by atoms with Crippen LogP contribution >= 0.6 is 0 Å². The van der Waals surface area contributed by atoms with Gasteiger partial charge in [0, 0.05) is 6.42 Å². The highest BCUT2D eigenvalue weighted by atomic mass is 16.8. The smallest absolute Gasteiger partial charge is 0.231 e. The first-order valence-electron chi connectivity index (χ1n) is 6.08. The van der Waals surface area contributed by atoms with E-state index in [1.807, 2.05) is 0 Å². The lowest BCUT2D eigenvalue weighted by atomic mass is 10.1. The Bertz CT molecular complexity index is 373. The van der Waals surface area contributed by atoms with Crippen LogP contribution in [0.15, 0.2) is 12.0 Å². The molecule has 6 atom stereocenters. The van der Waals surface area contributed by atoms with Crippen LogP contribution in [0.3, 0.4) is 0 Å². The third-order valence-electron chi connectivity index (χ3n) is 3.30. The highest BCUT2D eigenvalue weighted by Gasteiger charge is 2.50. The van der Waals surface area contributed by atoms with Gasteiger partial charge in [-0.2, -0.15) is 0 Å². The fraction of sp³-hybridized carbons (Fsp3) is 0.818. The van der Waals surface area contributed by atoms with Gasteiger partial charge in [-0.15, -0.1) is 0 Å². The minimum atomic E-state index is -1.67. The van der Waals surface area contributed by atoms with Crippen molar-refractivity contribution >= 4 is 0 Å². The summed E-state index contributed by atoms with van der Waals surface area (Å²) in [4.78, 5) is 0. The number of aliphatic hydroxyl groups is 6. The number of ether oxygens (including phenoxy) is 3. The summed E-state index contributed by atoms with van der Waals surface area (Å²) in [6.45, 7) is -1.12. The minimum absolute atomic E-state index is 0.146. The summed E-state index contributed by atoms with van der Waals surface area (Å²) < 4.78 is 15.4. The predicted molar refractivity (Wildman–Crippen MR) is 61.1 cm³/mol. The van der Waals surface area contributed by atoms with Crippen LogP contribution in [0.2, 0.25) is 0 Å². The molecule has 0 aromatic carbocycles. The van der Waals surface area contributed by atoms with Gasteiger partial charge in [0.15, 0.2) is 11.5 Å². The average molecular weight is 294 g/mol. The molecule has 0 bridgehead atoms. The minimum Gasteiger partial charge on any atom is -0.506 e. The molecule has 1 saturated heterocycles. The van der Waals surface area contributed by atoms with Gasteiger partial charge in [-0.1, -0.05) is 0 Å². The number of aliphatic hydroxyl groups excluding tert-OH is 6. The summed E-state index contributed by atoms with van der Waals surface area (Å²) in [5.74, 6) is -2.23. The van der Waals surface area contributed by atoms with Crippen molar-refractivity contribution in [3.05, 3.63) is 12.0 Å². The lowest BCUT2D eigenvalue weighted by Crippen LogP contribution is -2.50. The van der Waals surface area contributed by atoms with Crippen LogP contribution in [0.25, 0.3) is 0 Å². The molecule has 20 heavy (non-hydrogen) atoms. The zero-order valence-electron chi connectivity index (χ0n) is 10.5. The van der Waals surface area contributed by atoms with E-state index in [4.69, 9.17) is 19.3 Å². The molecule has 0 spiro atoms. The summed E-state index contributed by atoms with van der Waals surface area (Å²) in [6, 6.07) is 0. The third kappa shape index (κ3) is 2.74. The summed E-state index contributed by atoms with van der Waals surface area (Å²) >= 11 is 0. The van der Waals surface area contributed by atoms with Gasteiger partial charge in [0.1, 0.15) is 24.6 Å². The Labute approximate surface area is 114 Å². The van der Waals surface area contributed by atoms with Crippen LogP contribution in [0.5, 0.6) is 0 Å². The molecule has 0 radical (unpaired) electrons. The van der Waals surface area contributed by atoms with Gasteiger partial charge in [0.2, 0.25) is 6.29 Å². The van der Waals surface area contributed by atoms with Crippen molar-refractivity contribution in [2.75, 3.05) is 13.2 Å². The monoisotopic (exact) mass is 294 g/mol. The predicted octanol–water partition coefficient (Wildman–Crippen LogP) is -2.69. The number of rotatable bonds is 4. The standard InChI is InChI=1S/C11H18O9/c12-2-7-5(14)1-11(4-13,19-7)20-10-9(17)8(16)6(15)3-18-10/h3,5,7-10,12-17H,1-2,4H2/t5?,7-,8?,9?,10+,11+/m0/s1. The normalized spacial score (nSPS) is 45.0. The molecule has 9 heteroatoms. The molecule has 9 nitrogen and oxygen atoms in total. The Hall–Kier alpha value is -0.940. The Morgan fingerprint density at radius 1 is 1.30 bits per heavy atom. The summed E-state index contributed by atoms with van der Waals surface area (Å²) in [5, 5.41) is 56.4. The Morgan fingerprint density at radius 3 is 2.55 bits per heavy atom. The van der Waals surface area contributed by atoms with Crippen LogP contribution < -0.4 is 0 Å². The van der Waals surface area contributed by atoms with E-state index in [1.165, 1.54) is 0 Å². The van der Waals surface area contributed by atoms with Crippen LogP contribution in [0, 0.1) is 0 Å². The number of hydrogen-bond acceptors (Lipinski definition) is 9. The molecule has 0 aromatic rings. The summed E-state index contributed by atoms with van der Waals surface area (Å²) in [6.07, 6.45) is -5.92. The quantitative estimate of drug-likeness (QED) is 0.326. The van der Waals surface area contributed by atoms with Gasteiger partial charge in [-0.25, -0.2) is 0 Å². The highest BCUT2D eigenvalue weighted by molar-refractivity contribution is 5.02. The van der Waals surface area contributed by atoms with Crippen LogP contribution in [-0.2, 0) is 14.2 Å². The Kier molecular flexibility index (Phi) is 4.49. The van der Waals surface area contributed by atoms with Crippen molar-refractivity contribution in [3.63, 3.8) is 0 Å². The second kappa shape index (κ2) is 5.82. The van der Waals surface area contributed by atoms with Crippen molar-refractivity contribution in [2.45, 2.75) is 42.9 Å². The molecular formula is C11H18O9. The molecule has 2 heterocycles. The maximum absolute atomic E-state index is 9.72. The van der Waals surface area contributed by atoms with Crippen molar-refractivity contribution in [1.82, 2.24) is 0 Å². The third-order valence-corrected chi connectivity index (χ3v) is 3.30. The Morgan fingerprint density at radius 2 is 2.00 bits per heavy atom. The lowest BCUT2D eigenvalue weighted by molar-refractivity contribution is -0.332. The van der Waals surface area contributed by atoms with Crippen LogP contribution in [0.1, 0.15) is 6.42 Å². The molecule has 2 aliphatic rings. The molecule has 116 valence electrons. The van der Waals surface area contributed by atoms with Crippen molar-refractivity contribution in [3.8, 4) is 0 Å². The lowest BCUT2D eigenvalue weighted by Gasteiger charge is -2.36. The second-order valence-electron chi connectivity index (χ2n) is 4.78. The zero-order chi connectivity index (χ0) is 14.9. The van der Waals surface area contributed by atoms with E-state index in [-0.39, 0.29) is 6.42 Å². The maximum Gasteiger partial charge on any atom is 0.231 e. The first-order chi connectivity index (χ1) is 9.42.